The summed E-state index contributed by atoms with van der Waals surface area (Å²) in [5, 5.41) is 7.53. The predicted octanol–water partition coefficient (Wildman–Crippen LogP) is 4.12. The maximum absolute atomic E-state index is 12.6. The van der Waals surface area contributed by atoms with Crippen LogP contribution in [0.4, 0.5) is 5.13 Å². The van der Waals surface area contributed by atoms with E-state index in [9.17, 15) is 9.59 Å². The van der Waals surface area contributed by atoms with E-state index < -0.39 is 0 Å². The highest BCUT2D eigenvalue weighted by Crippen LogP contribution is 2.28. The quantitative estimate of drug-likeness (QED) is 0.441. The molecule has 2 saturated heterocycles. The Balaban J connectivity index is 1.09. The fraction of sp³-hybridized carbons (Fsp3) is 0.444. The molecular formula is C27H33N5O2S. The van der Waals surface area contributed by atoms with Crippen molar-refractivity contribution in [2.24, 2.45) is 0 Å². The number of amides is 2. The van der Waals surface area contributed by atoms with Crippen molar-refractivity contribution in [1.29, 1.82) is 0 Å². The summed E-state index contributed by atoms with van der Waals surface area (Å²) in [6, 6.07) is 16.8. The molecule has 2 N–H and O–H groups in total. The lowest BCUT2D eigenvalue weighted by Crippen LogP contribution is -2.38. The molecule has 35 heavy (non-hydrogen) atoms. The highest BCUT2D eigenvalue weighted by atomic mass is 32.1. The minimum atomic E-state index is -0.0756. The molecular weight excluding hydrogens is 458 g/mol. The van der Waals surface area contributed by atoms with Crippen molar-refractivity contribution in [3.8, 4) is 0 Å². The van der Waals surface area contributed by atoms with Gasteiger partial charge in [-0.25, -0.2) is 4.98 Å². The number of thiazole rings is 1. The smallest absolute Gasteiger partial charge is 0.251 e. The SMILES string of the molecule is O=C(NCCCN1CCCC1=O)c1ccc2nc(NC3CCN(Cc4ccccc4)CC3)sc2c1. The Morgan fingerprint density at radius 2 is 1.91 bits per heavy atom. The van der Waals surface area contributed by atoms with Crippen LogP contribution in [0.3, 0.4) is 0 Å². The van der Waals surface area contributed by atoms with Gasteiger partial charge in [0.1, 0.15) is 0 Å². The maximum Gasteiger partial charge on any atom is 0.251 e. The molecule has 2 aliphatic rings. The molecule has 0 radical (unpaired) electrons. The molecule has 2 aromatic carbocycles. The number of fused-ring (bicyclic) bond motifs is 1. The van der Waals surface area contributed by atoms with Crippen LogP contribution in [0.2, 0.25) is 0 Å². The number of benzene rings is 2. The van der Waals surface area contributed by atoms with Crippen LogP contribution in [0.25, 0.3) is 10.2 Å². The van der Waals surface area contributed by atoms with E-state index in [0.717, 1.165) is 67.2 Å². The molecule has 8 heteroatoms. The van der Waals surface area contributed by atoms with E-state index in [1.807, 2.05) is 23.1 Å². The molecule has 0 bridgehead atoms. The first-order valence-corrected chi connectivity index (χ1v) is 13.4. The lowest BCUT2D eigenvalue weighted by atomic mass is 10.0. The number of likely N-dealkylation sites (tertiary alicyclic amines) is 2. The zero-order valence-electron chi connectivity index (χ0n) is 20.0. The van der Waals surface area contributed by atoms with Crippen LogP contribution in [0, 0.1) is 0 Å². The van der Waals surface area contributed by atoms with E-state index in [2.05, 4.69) is 45.9 Å². The lowest BCUT2D eigenvalue weighted by molar-refractivity contribution is -0.127. The number of hydrogen-bond acceptors (Lipinski definition) is 6. The van der Waals surface area contributed by atoms with Gasteiger partial charge in [-0.15, -0.1) is 0 Å². The van der Waals surface area contributed by atoms with Crippen LogP contribution in [0.15, 0.2) is 48.5 Å². The average Bonchev–Trinajstić information content (AvgIpc) is 3.48. The largest absolute Gasteiger partial charge is 0.359 e. The Labute approximate surface area is 210 Å². The van der Waals surface area contributed by atoms with Crippen molar-refractivity contribution in [3.05, 3.63) is 59.7 Å². The first-order valence-electron chi connectivity index (χ1n) is 12.6. The van der Waals surface area contributed by atoms with Crippen LogP contribution in [0.1, 0.15) is 48.0 Å². The summed E-state index contributed by atoms with van der Waals surface area (Å²) >= 11 is 1.61. The van der Waals surface area contributed by atoms with Crippen LogP contribution < -0.4 is 10.6 Å². The van der Waals surface area contributed by atoms with E-state index in [-0.39, 0.29) is 11.8 Å². The van der Waals surface area contributed by atoms with Crippen molar-refractivity contribution >= 4 is 38.5 Å². The Morgan fingerprint density at radius 1 is 1.09 bits per heavy atom. The third-order valence-corrected chi connectivity index (χ3v) is 7.83. The Hall–Kier alpha value is -2.97. The third kappa shape index (κ3) is 6.18. The molecule has 0 unspecified atom stereocenters. The number of nitrogens with zero attached hydrogens (tertiary/aromatic N) is 3. The molecule has 5 rings (SSSR count). The lowest BCUT2D eigenvalue weighted by Gasteiger charge is -2.32. The number of carbonyl (C=O) groups excluding carboxylic acids is 2. The number of hydrogen-bond donors (Lipinski definition) is 2. The zero-order chi connectivity index (χ0) is 24.0. The molecule has 0 saturated carbocycles. The highest BCUT2D eigenvalue weighted by molar-refractivity contribution is 7.22. The predicted molar refractivity (Wildman–Crippen MR) is 141 cm³/mol. The molecule has 3 heterocycles. The summed E-state index contributed by atoms with van der Waals surface area (Å²) < 4.78 is 1.02. The van der Waals surface area contributed by atoms with Crippen LogP contribution in [-0.2, 0) is 11.3 Å². The summed E-state index contributed by atoms with van der Waals surface area (Å²) in [5.41, 5.74) is 2.94. The summed E-state index contributed by atoms with van der Waals surface area (Å²) in [7, 11) is 0. The van der Waals surface area contributed by atoms with Gasteiger partial charge in [-0.05, 0) is 49.4 Å². The number of carbonyl (C=O) groups is 2. The summed E-state index contributed by atoms with van der Waals surface area (Å²) in [6.07, 6.45) is 4.58. The highest BCUT2D eigenvalue weighted by Gasteiger charge is 2.21. The maximum atomic E-state index is 12.6. The van der Waals surface area contributed by atoms with Gasteiger partial charge in [-0.2, -0.15) is 0 Å². The summed E-state index contributed by atoms with van der Waals surface area (Å²) in [5.74, 6) is 0.155. The van der Waals surface area contributed by atoms with Crippen molar-refractivity contribution < 1.29 is 9.59 Å². The van der Waals surface area contributed by atoms with Gasteiger partial charge < -0.3 is 15.5 Å². The molecule has 3 aromatic rings. The third-order valence-electron chi connectivity index (χ3n) is 6.88. The monoisotopic (exact) mass is 491 g/mol. The van der Waals surface area contributed by atoms with Gasteiger partial charge in [0, 0.05) is 57.3 Å². The van der Waals surface area contributed by atoms with E-state index in [1.165, 1.54) is 5.56 Å². The van der Waals surface area contributed by atoms with Gasteiger partial charge in [0.05, 0.1) is 10.2 Å². The Kier molecular flexibility index (Phi) is 7.59. The van der Waals surface area contributed by atoms with Gasteiger partial charge in [0.25, 0.3) is 5.91 Å². The van der Waals surface area contributed by atoms with Gasteiger partial charge in [0.15, 0.2) is 5.13 Å². The van der Waals surface area contributed by atoms with Crippen LogP contribution in [0.5, 0.6) is 0 Å². The molecule has 2 fully saturated rings. The van der Waals surface area contributed by atoms with Gasteiger partial charge >= 0.3 is 0 Å². The van der Waals surface area contributed by atoms with E-state index in [0.29, 0.717) is 31.1 Å². The number of piperidine rings is 1. The average molecular weight is 492 g/mol. The second-order valence-electron chi connectivity index (χ2n) is 9.48. The van der Waals surface area contributed by atoms with Crippen molar-refractivity contribution in [1.82, 2.24) is 20.1 Å². The number of anilines is 1. The Bertz CT molecular complexity index is 1160. The van der Waals surface area contributed by atoms with E-state index in [4.69, 9.17) is 4.98 Å². The van der Waals surface area contributed by atoms with Gasteiger partial charge in [-0.1, -0.05) is 41.7 Å². The minimum absolute atomic E-state index is 0.0756. The standard InChI is InChI=1S/C27H33N5O2S/c33-25-8-4-14-32(25)15-5-13-28-26(34)21-9-10-23-24(18-21)35-27(30-23)29-22-11-16-31(17-12-22)19-20-6-2-1-3-7-20/h1-3,6-7,9-10,18,22H,4-5,8,11-17,19H2,(H,28,34)(H,29,30). The summed E-state index contributed by atoms with van der Waals surface area (Å²) in [6.45, 7) is 5.29. The minimum Gasteiger partial charge on any atom is -0.359 e. The van der Waals surface area contributed by atoms with Gasteiger partial charge in [-0.3, -0.25) is 14.5 Å². The number of aromatic nitrogens is 1. The number of rotatable bonds is 9. The first kappa shape index (κ1) is 23.8. The molecule has 184 valence electrons. The topological polar surface area (TPSA) is 77.6 Å². The van der Waals surface area contributed by atoms with Crippen molar-refractivity contribution in [2.45, 2.75) is 44.7 Å². The second kappa shape index (κ2) is 11.2. The zero-order valence-corrected chi connectivity index (χ0v) is 20.9. The molecule has 0 atom stereocenters. The van der Waals surface area contributed by atoms with Gasteiger partial charge in [0.2, 0.25) is 5.91 Å². The van der Waals surface area contributed by atoms with Crippen molar-refractivity contribution in [3.63, 3.8) is 0 Å². The second-order valence-corrected chi connectivity index (χ2v) is 10.5. The van der Waals surface area contributed by atoms with Crippen molar-refractivity contribution in [2.75, 3.05) is 38.0 Å². The molecule has 2 amide bonds. The fourth-order valence-corrected chi connectivity index (χ4v) is 5.88. The molecule has 0 spiro atoms. The molecule has 0 aliphatic carbocycles. The fourth-order valence-electron chi connectivity index (χ4n) is 4.89. The van der Waals surface area contributed by atoms with Crippen LogP contribution in [-0.4, -0.2) is 65.4 Å². The molecule has 7 nitrogen and oxygen atoms in total. The molecule has 2 aliphatic heterocycles. The first-order chi connectivity index (χ1) is 17.1. The molecule has 1 aromatic heterocycles. The number of nitrogens with one attached hydrogen (secondary N) is 2. The van der Waals surface area contributed by atoms with E-state index >= 15 is 0 Å². The summed E-state index contributed by atoms with van der Waals surface area (Å²) in [4.78, 5) is 33.4. The Morgan fingerprint density at radius 3 is 2.69 bits per heavy atom. The van der Waals surface area contributed by atoms with E-state index in [1.54, 1.807) is 11.3 Å². The normalized spacial score (nSPS) is 17.3. The van der Waals surface area contributed by atoms with Crippen LogP contribution >= 0.6 is 11.3 Å².